The highest BCUT2D eigenvalue weighted by molar-refractivity contribution is 5.42. The lowest BCUT2D eigenvalue weighted by Crippen LogP contribution is -2.20. The molecule has 0 aromatic heterocycles. The summed E-state index contributed by atoms with van der Waals surface area (Å²) in [6.07, 6.45) is 0.350. The van der Waals surface area contributed by atoms with Crippen molar-refractivity contribution >= 4 is 5.69 Å². The van der Waals surface area contributed by atoms with Crippen LogP contribution in [0.1, 0.15) is 11.1 Å². The fourth-order valence-electron chi connectivity index (χ4n) is 1.94. The van der Waals surface area contributed by atoms with Crippen LogP contribution in [0.15, 0.2) is 48.5 Å². The monoisotopic (exact) mass is 267 g/mol. The number of ether oxygens (including phenoxy) is 1. The van der Waals surface area contributed by atoms with Gasteiger partial charge in [0, 0.05) is 17.8 Å². The minimum absolute atomic E-state index is 0.350. The molecule has 0 fully saturated rings. The Bertz CT molecular complexity index is 590. The molecule has 0 bridgehead atoms. The molecule has 2 aromatic carbocycles. The molecule has 0 aliphatic rings. The van der Waals surface area contributed by atoms with Crippen LogP contribution in [-0.2, 0) is 13.0 Å². The molecule has 0 heterocycles. The van der Waals surface area contributed by atoms with Gasteiger partial charge in [0.2, 0.25) is 0 Å². The summed E-state index contributed by atoms with van der Waals surface area (Å²) < 4.78 is 5.24. The summed E-state index contributed by atoms with van der Waals surface area (Å²) in [7, 11) is 1.62. The van der Waals surface area contributed by atoms with Gasteiger partial charge in [0.25, 0.3) is 0 Å². The van der Waals surface area contributed by atoms with E-state index in [1.807, 2.05) is 48.5 Å². The van der Waals surface area contributed by atoms with Gasteiger partial charge >= 0.3 is 0 Å². The van der Waals surface area contributed by atoms with Gasteiger partial charge in [-0.1, -0.05) is 24.3 Å². The van der Waals surface area contributed by atoms with Crippen molar-refractivity contribution < 1.29 is 4.74 Å². The van der Waals surface area contributed by atoms with Crippen molar-refractivity contribution in [2.75, 3.05) is 12.5 Å². The van der Waals surface area contributed by atoms with Gasteiger partial charge in [-0.3, -0.25) is 0 Å². The predicted octanol–water partition coefficient (Wildman–Crippen LogP) is 2.88. The van der Waals surface area contributed by atoms with E-state index in [0.29, 0.717) is 13.0 Å². The molecule has 2 N–H and O–H groups in total. The highest BCUT2D eigenvalue weighted by atomic mass is 16.5. The molecule has 0 saturated carbocycles. The minimum Gasteiger partial charge on any atom is -0.496 e. The highest BCUT2D eigenvalue weighted by Crippen LogP contribution is 2.20. The molecule has 2 aromatic rings. The third kappa shape index (κ3) is 3.74. The molecule has 0 atom stereocenters. The zero-order valence-corrected chi connectivity index (χ0v) is 11.4. The van der Waals surface area contributed by atoms with Crippen molar-refractivity contribution in [1.29, 1.82) is 5.26 Å². The first-order valence-corrected chi connectivity index (χ1v) is 6.40. The van der Waals surface area contributed by atoms with Crippen LogP contribution in [0.3, 0.4) is 0 Å². The van der Waals surface area contributed by atoms with Crippen LogP contribution in [0, 0.1) is 11.3 Å². The molecule has 2 rings (SSSR count). The van der Waals surface area contributed by atoms with E-state index in [2.05, 4.69) is 16.9 Å². The highest BCUT2D eigenvalue weighted by Gasteiger charge is 2.04. The van der Waals surface area contributed by atoms with Gasteiger partial charge in [-0.15, -0.1) is 0 Å². The molecule has 0 radical (unpaired) electrons. The molecule has 4 nitrogen and oxygen atoms in total. The second-order valence-corrected chi connectivity index (χ2v) is 4.33. The Kier molecular flexibility index (Phi) is 4.99. The van der Waals surface area contributed by atoms with Gasteiger partial charge in [-0.2, -0.15) is 5.26 Å². The van der Waals surface area contributed by atoms with Gasteiger partial charge in [0.15, 0.2) is 0 Å². The van der Waals surface area contributed by atoms with Crippen LogP contribution in [0.2, 0.25) is 0 Å². The SMILES string of the molecule is COc1ccc(CNNc2ccccc2)cc1CC#N. The van der Waals surface area contributed by atoms with E-state index in [4.69, 9.17) is 10.00 Å². The Balaban J connectivity index is 1.96. The Hall–Kier alpha value is -2.51. The Morgan fingerprint density at radius 3 is 2.65 bits per heavy atom. The number of methoxy groups -OCH3 is 1. The number of anilines is 1. The molecule has 0 unspecified atom stereocenters. The number of rotatable bonds is 6. The lowest BCUT2D eigenvalue weighted by Gasteiger charge is -2.11. The maximum atomic E-state index is 8.82. The number of benzene rings is 2. The minimum atomic E-state index is 0.350. The first kappa shape index (κ1) is 13.9. The van der Waals surface area contributed by atoms with Crippen molar-refractivity contribution in [2.24, 2.45) is 0 Å². The average molecular weight is 267 g/mol. The molecule has 0 aliphatic carbocycles. The van der Waals surface area contributed by atoms with Crippen LogP contribution in [0.4, 0.5) is 5.69 Å². The molecule has 4 heteroatoms. The Morgan fingerprint density at radius 1 is 1.15 bits per heavy atom. The number of nitrogens with one attached hydrogen (secondary N) is 2. The van der Waals surface area contributed by atoms with Crippen LogP contribution in [0.5, 0.6) is 5.75 Å². The van der Waals surface area contributed by atoms with Crippen molar-refractivity contribution in [2.45, 2.75) is 13.0 Å². The standard InChI is InChI=1S/C16H17N3O/c1-20-16-8-7-13(11-14(16)9-10-17)12-18-19-15-5-3-2-4-6-15/h2-8,11,18-19H,9,12H2,1H3. The van der Waals surface area contributed by atoms with Crippen molar-refractivity contribution in [3.8, 4) is 11.8 Å². The van der Waals surface area contributed by atoms with E-state index in [-0.39, 0.29) is 0 Å². The molecular formula is C16H17N3O. The van der Waals surface area contributed by atoms with E-state index in [0.717, 1.165) is 22.6 Å². The summed E-state index contributed by atoms with van der Waals surface area (Å²) >= 11 is 0. The largest absolute Gasteiger partial charge is 0.496 e. The van der Waals surface area contributed by atoms with E-state index >= 15 is 0 Å². The van der Waals surface area contributed by atoms with Crippen LogP contribution in [0.25, 0.3) is 0 Å². The van der Waals surface area contributed by atoms with Gasteiger partial charge < -0.3 is 10.2 Å². The number of hydrazine groups is 1. The number of hydrogen-bond acceptors (Lipinski definition) is 4. The number of nitrogens with zero attached hydrogens (tertiary/aromatic N) is 1. The van der Waals surface area contributed by atoms with E-state index in [9.17, 15) is 0 Å². The summed E-state index contributed by atoms with van der Waals surface area (Å²) in [6, 6.07) is 17.9. The topological polar surface area (TPSA) is 57.1 Å². The van der Waals surface area contributed by atoms with Gasteiger partial charge in [-0.05, 0) is 29.8 Å². The molecule has 102 valence electrons. The van der Waals surface area contributed by atoms with Crippen LogP contribution >= 0.6 is 0 Å². The average Bonchev–Trinajstić information content (AvgIpc) is 2.49. The maximum absolute atomic E-state index is 8.82. The van der Waals surface area contributed by atoms with E-state index in [1.54, 1.807) is 7.11 Å². The third-order valence-corrected chi connectivity index (χ3v) is 2.91. The van der Waals surface area contributed by atoms with Gasteiger partial charge in [0.05, 0.1) is 19.6 Å². The molecule has 0 amide bonds. The summed E-state index contributed by atoms with van der Waals surface area (Å²) in [6.45, 7) is 0.664. The van der Waals surface area contributed by atoms with Gasteiger partial charge in [0.1, 0.15) is 5.75 Å². The maximum Gasteiger partial charge on any atom is 0.123 e. The summed E-state index contributed by atoms with van der Waals surface area (Å²) in [4.78, 5) is 0. The molecular weight excluding hydrogens is 250 g/mol. The predicted molar refractivity (Wildman–Crippen MR) is 79.2 cm³/mol. The zero-order valence-electron chi connectivity index (χ0n) is 11.4. The van der Waals surface area contributed by atoms with Crippen LogP contribution in [-0.4, -0.2) is 7.11 Å². The second-order valence-electron chi connectivity index (χ2n) is 4.33. The fourth-order valence-corrected chi connectivity index (χ4v) is 1.94. The summed E-state index contributed by atoms with van der Waals surface area (Å²) in [5.41, 5.74) is 9.30. The molecule has 0 aliphatic heterocycles. The Morgan fingerprint density at radius 2 is 1.95 bits per heavy atom. The third-order valence-electron chi connectivity index (χ3n) is 2.91. The van der Waals surface area contributed by atoms with E-state index in [1.165, 1.54) is 0 Å². The first-order chi connectivity index (χ1) is 9.83. The lowest BCUT2D eigenvalue weighted by atomic mass is 10.1. The Labute approximate surface area is 119 Å². The number of hydrogen-bond donors (Lipinski definition) is 2. The lowest BCUT2D eigenvalue weighted by molar-refractivity contribution is 0.410. The van der Waals surface area contributed by atoms with Crippen molar-refractivity contribution in [1.82, 2.24) is 5.43 Å². The first-order valence-electron chi connectivity index (χ1n) is 6.40. The van der Waals surface area contributed by atoms with Crippen molar-refractivity contribution in [3.63, 3.8) is 0 Å². The fraction of sp³-hybridized carbons (Fsp3) is 0.188. The smallest absolute Gasteiger partial charge is 0.123 e. The quantitative estimate of drug-likeness (QED) is 0.790. The summed E-state index contributed by atoms with van der Waals surface area (Å²) in [5, 5.41) is 8.82. The van der Waals surface area contributed by atoms with Crippen molar-refractivity contribution in [3.05, 3.63) is 59.7 Å². The van der Waals surface area contributed by atoms with Gasteiger partial charge in [-0.25, -0.2) is 5.43 Å². The summed E-state index contributed by atoms with van der Waals surface area (Å²) in [5.74, 6) is 0.756. The number of nitriles is 1. The normalized spacial score (nSPS) is 9.80. The second kappa shape index (κ2) is 7.17. The van der Waals surface area contributed by atoms with Crippen LogP contribution < -0.4 is 15.6 Å². The van der Waals surface area contributed by atoms with E-state index < -0.39 is 0 Å². The molecule has 0 saturated heterocycles. The zero-order chi connectivity index (χ0) is 14.2. The molecule has 20 heavy (non-hydrogen) atoms. The number of para-hydroxylation sites is 1. The molecule has 0 spiro atoms.